The van der Waals surface area contributed by atoms with Crippen molar-refractivity contribution < 1.29 is 14.4 Å². The monoisotopic (exact) mass is 208 g/mol. The molecule has 0 fully saturated rings. The van der Waals surface area contributed by atoms with Crippen molar-refractivity contribution in [2.75, 3.05) is 0 Å². The Balaban J connectivity index is 2.48. The Bertz CT molecular complexity index is 349. The van der Waals surface area contributed by atoms with Gasteiger partial charge >= 0.3 is 5.97 Å². The van der Waals surface area contributed by atoms with Crippen LogP contribution in [0.25, 0.3) is 0 Å². The van der Waals surface area contributed by atoms with Gasteiger partial charge in [0.25, 0.3) is 5.91 Å². The highest BCUT2D eigenvalue weighted by Gasteiger charge is 2.11. The van der Waals surface area contributed by atoms with Gasteiger partial charge in [-0.05, 0) is 19.1 Å². The minimum absolute atomic E-state index is 0.412. The molecule has 0 heterocycles. The normalized spacial score (nSPS) is 11.6. The summed E-state index contributed by atoms with van der Waals surface area (Å²) in [6.07, 6.45) is 0. The molecule has 0 aromatic heterocycles. The van der Waals surface area contributed by atoms with Crippen molar-refractivity contribution in [3.63, 3.8) is 0 Å². The Morgan fingerprint density at radius 3 is 2.47 bits per heavy atom. The number of hydrogen-bond donors (Lipinski definition) is 2. The van der Waals surface area contributed by atoms with Gasteiger partial charge in [-0.3, -0.25) is 4.79 Å². The van der Waals surface area contributed by atoms with E-state index < -0.39 is 17.9 Å². The van der Waals surface area contributed by atoms with Gasteiger partial charge in [0, 0.05) is 5.56 Å². The minimum Gasteiger partial charge on any atom is -0.339 e. The average molecular weight is 208 g/mol. The SMILES string of the molecule is C[C@H](N)C(=O)ONC(=O)c1ccccc1. The van der Waals surface area contributed by atoms with Crippen molar-refractivity contribution in [2.45, 2.75) is 13.0 Å². The van der Waals surface area contributed by atoms with Crippen molar-refractivity contribution >= 4 is 11.9 Å². The topological polar surface area (TPSA) is 81.4 Å². The lowest BCUT2D eigenvalue weighted by atomic mass is 10.2. The molecule has 0 unspecified atom stereocenters. The van der Waals surface area contributed by atoms with Crippen LogP contribution in [0.3, 0.4) is 0 Å². The van der Waals surface area contributed by atoms with Crippen LogP contribution >= 0.6 is 0 Å². The summed E-state index contributed by atoms with van der Waals surface area (Å²) >= 11 is 0. The second-order valence-corrected chi connectivity index (χ2v) is 3.01. The van der Waals surface area contributed by atoms with Gasteiger partial charge in [0.05, 0.1) is 0 Å². The highest BCUT2D eigenvalue weighted by atomic mass is 16.7. The number of nitrogens with two attached hydrogens (primary N) is 1. The van der Waals surface area contributed by atoms with E-state index in [4.69, 9.17) is 5.73 Å². The molecule has 3 N–H and O–H groups in total. The molecule has 0 bridgehead atoms. The molecule has 1 rings (SSSR count). The molecular formula is C10H12N2O3. The summed E-state index contributed by atoms with van der Waals surface area (Å²) in [6.45, 7) is 1.47. The summed E-state index contributed by atoms with van der Waals surface area (Å²) in [4.78, 5) is 26.7. The van der Waals surface area contributed by atoms with E-state index in [-0.39, 0.29) is 0 Å². The van der Waals surface area contributed by atoms with Crippen LogP contribution in [0.2, 0.25) is 0 Å². The first-order valence-corrected chi connectivity index (χ1v) is 4.43. The van der Waals surface area contributed by atoms with Gasteiger partial charge in [-0.1, -0.05) is 18.2 Å². The summed E-state index contributed by atoms with van der Waals surface area (Å²) in [5.41, 5.74) is 7.66. The molecule has 1 atom stereocenters. The summed E-state index contributed by atoms with van der Waals surface area (Å²) in [5.74, 6) is -1.16. The molecule has 0 saturated heterocycles. The molecule has 0 aliphatic heterocycles. The van der Waals surface area contributed by atoms with Crippen molar-refractivity contribution in [1.29, 1.82) is 0 Å². The largest absolute Gasteiger partial charge is 0.348 e. The molecule has 15 heavy (non-hydrogen) atoms. The molecule has 5 heteroatoms. The summed E-state index contributed by atoms with van der Waals surface area (Å²) in [7, 11) is 0. The lowest BCUT2D eigenvalue weighted by Crippen LogP contribution is -2.35. The van der Waals surface area contributed by atoms with Gasteiger partial charge in [0.1, 0.15) is 6.04 Å². The fourth-order valence-electron chi connectivity index (χ4n) is 0.838. The maximum atomic E-state index is 11.3. The maximum absolute atomic E-state index is 11.3. The molecule has 1 amide bonds. The number of hydroxylamine groups is 1. The first kappa shape index (κ1) is 11.2. The summed E-state index contributed by atoms with van der Waals surface area (Å²) in [6, 6.07) is 7.65. The first-order chi connectivity index (χ1) is 7.11. The lowest BCUT2D eigenvalue weighted by Gasteiger charge is -2.06. The first-order valence-electron chi connectivity index (χ1n) is 4.43. The molecular weight excluding hydrogens is 196 g/mol. The Hall–Kier alpha value is -1.88. The van der Waals surface area contributed by atoms with Gasteiger partial charge in [-0.2, -0.15) is 5.48 Å². The zero-order valence-electron chi connectivity index (χ0n) is 8.27. The van der Waals surface area contributed by atoms with E-state index in [9.17, 15) is 9.59 Å². The molecule has 0 aliphatic carbocycles. The van der Waals surface area contributed by atoms with Gasteiger partial charge in [-0.15, -0.1) is 0 Å². The highest BCUT2D eigenvalue weighted by molar-refractivity contribution is 5.94. The van der Waals surface area contributed by atoms with Crippen LogP contribution in [-0.2, 0) is 9.63 Å². The number of nitrogens with one attached hydrogen (secondary N) is 1. The maximum Gasteiger partial charge on any atom is 0.348 e. The predicted molar refractivity (Wildman–Crippen MR) is 53.6 cm³/mol. The zero-order chi connectivity index (χ0) is 11.3. The van der Waals surface area contributed by atoms with Gasteiger partial charge < -0.3 is 10.6 Å². The number of carbonyl (C=O) groups is 2. The van der Waals surface area contributed by atoms with E-state index in [1.165, 1.54) is 6.92 Å². The Kier molecular flexibility index (Phi) is 3.82. The molecule has 0 radical (unpaired) electrons. The van der Waals surface area contributed by atoms with E-state index in [1.54, 1.807) is 30.3 Å². The van der Waals surface area contributed by atoms with E-state index in [0.717, 1.165) is 0 Å². The van der Waals surface area contributed by atoms with E-state index >= 15 is 0 Å². The molecule has 1 aromatic rings. The van der Waals surface area contributed by atoms with Crippen LogP contribution in [0.15, 0.2) is 30.3 Å². The fourth-order valence-corrected chi connectivity index (χ4v) is 0.838. The average Bonchev–Trinajstić information content (AvgIpc) is 2.26. The van der Waals surface area contributed by atoms with Crippen molar-refractivity contribution in [1.82, 2.24) is 5.48 Å². The third-order valence-corrected chi connectivity index (χ3v) is 1.65. The lowest BCUT2D eigenvalue weighted by molar-refractivity contribution is -0.150. The quantitative estimate of drug-likeness (QED) is 0.681. The van der Waals surface area contributed by atoms with Crippen molar-refractivity contribution in [3.05, 3.63) is 35.9 Å². The second-order valence-electron chi connectivity index (χ2n) is 3.01. The number of carbonyl (C=O) groups excluding carboxylic acids is 2. The molecule has 1 aromatic carbocycles. The molecule has 80 valence electrons. The number of amides is 1. The van der Waals surface area contributed by atoms with Gasteiger partial charge in [0.2, 0.25) is 0 Å². The van der Waals surface area contributed by atoms with Crippen LogP contribution in [0, 0.1) is 0 Å². The van der Waals surface area contributed by atoms with Crippen LogP contribution in [0.5, 0.6) is 0 Å². The van der Waals surface area contributed by atoms with Crippen molar-refractivity contribution in [3.8, 4) is 0 Å². The van der Waals surface area contributed by atoms with Crippen LogP contribution in [-0.4, -0.2) is 17.9 Å². The van der Waals surface area contributed by atoms with Crippen LogP contribution in [0.1, 0.15) is 17.3 Å². The highest BCUT2D eigenvalue weighted by Crippen LogP contribution is 1.97. The van der Waals surface area contributed by atoms with Crippen molar-refractivity contribution in [2.24, 2.45) is 5.73 Å². The molecule has 0 spiro atoms. The zero-order valence-corrected chi connectivity index (χ0v) is 8.27. The fraction of sp³-hybridized carbons (Fsp3) is 0.200. The number of hydrogen-bond acceptors (Lipinski definition) is 4. The molecule has 0 aliphatic rings. The molecule has 5 nitrogen and oxygen atoms in total. The third-order valence-electron chi connectivity index (χ3n) is 1.65. The third kappa shape index (κ3) is 3.40. The van der Waals surface area contributed by atoms with Gasteiger partial charge in [0.15, 0.2) is 0 Å². The molecule has 0 saturated carbocycles. The van der Waals surface area contributed by atoms with Crippen LogP contribution in [0.4, 0.5) is 0 Å². The second kappa shape index (κ2) is 5.11. The Morgan fingerprint density at radius 1 is 1.33 bits per heavy atom. The summed E-state index contributed by atoms with van der Waals surface area (Å²) in [5, 5.41) is 0. The number of rotatable bonds is 2. The smallest absolute Gasteiger partial charge is 0.339 e. The van der Waals surface area contributed by atoms with E-state index in [1.807, 2.05) is 5.48 Å². The van der Waals surface area contributed by atoms with Crippen LogP contribution < -0.4 is 11.2 Å². The predicted octanol–water partition coefficient (Wildman–Crippen LogP) is 0.222. The minimum atomic E-state index is -0.763. The van der Waals surface area contributed by atoms with E-state index in [0.29, 0.717) is 5.56 Å². The van der Waals surface area contributed by atoms with Gasteiger partial charge in [-0.25, -0.2) is 4.79 Å². The van der Waals surface area contributed by atoms with E-state index in [2.05, 4.69) is 4.84 Å². The summed E-state index contributed by atoms with van der Waals surface area (Å²) < 4.78 is 0. The standard InChI is InChI=1S/C10H12N2O3/c1-7(11)10(14)15-12-9(13)8-5-3-2-4-6-8/h2-7H,11H2,1H3,(H,12,13)/t7-/m0/s1. The Labute approximate surface area is 87.2 Å². The Morgan fingerprint density at radius 2 is 1.93 bits per heavy atom. The number of benzene rings is 1.